The Labute approximate surface area is 159 Å². The van der Waals surface area contributed by atoms with Gasteiger partial charge in [0.25, 0.3) is 5.91 Å². The number of methoxy groups -OCH3 is 1. The van der Waals surface area contributed by atoms with Gasteiger partial charge in [-0.25, -0.2) is 0 Å². The van der Waals surface area contributed by atoms with Crippen LogP contribution in [0.2, 0.25) is 5.02 Å². The zero-order chi connectivity index (χ0) is 18.4. The fraction of sp³-hybridized carbons (Fsp3) is 0.350. The predicted molar refractivity (Wildman–Crippen MR) is 102 cm³/mol. The largest absolute Gasteiger partial charge is 0.497 e. The van der Waals surface area contributed by atoms with Gasteiger partial charge in [-0.15, -0.1) is 0 Å². The molecule has 138 valence electrons. The Kier molecular flexibility index (Phi) is 6.36. The lowest BCUT2D eigenvalue weighted by molar-refractivity contribution is -0.135. The molecule has 0 N–H and O–H groups in total. The SMILES string of the molecule is COc1cccc(CN2CCN(C(=O)COc3ccc(Cl)cc3)CC2)c1. The van der Waals surface area contributed by atoms with Crippen LogP contribution in [0, 0.1) is 0 Å². The zero-order valence-electron chi connectivity index (χ0n) is 14.9. The molecule has 1 aliphatic heterocycles. The molecule has 2 aromatic carbocycles. The lowest BCUT2D eigenvalue weighted by atomic mass is 10.2. The fourth-order valence-electron chi connectivity index (χ4n) is 2.95. The number of halogens is 1. The van der Waals surface area contributed by atoms with E-state index in [0.717, 1.165) is 25.4 Å². The van der Waals surface area contributed by atoms with Crippen molar-refractivity contribution in [2.75, 3.05) is 39.9 Å². The van der Waals surface area contributed by atoms with Crippen molar-refractivity contribution in [2.24, 2.45) is 0 Å². The van der Waals surface area contributed by atoms with E-state index in [1.807, 2.05) is 17.0 Å². The minimum absolute atomic E-state index is 0.0148. The first kappa shape index (κ1) is 18.5. The summed E-state index contributed by atoms with van der Waals surface area (Å²) in [5.41, 5.74) is 1.22. The van der Waals surface area contributed by atoms with Gasteiger partial charge in [0.05, 0.1) is 7.11 Å². The average molecular weight is 375 g/mol. The van der Waals surface area contributed by atoms with Crippen molar-refractivity contribution in [1.29, 1.82) is 0 Å². The number of carbonyl (C=O) groups is 1. The third-order valence-corrected chi connectivity index (χ3v) is 4.69. The van der Waals surface area contributed by atoms with Gasteiger partial charge in [-0.1, -0.05) is 23.7 Å². The van der Waals surface area contributed by atoms with E-state index in [4.69, 9.17) is 21.1 Å². The molecule has 1 saturated heterocycles. The summed E-state index contributed by atoms with van der Waals surface area (Å²) in [6.07, 6.45) is 0. The van der Waals surface area contributed by atoms with Crippen molar-refractivity contribution in [3.05, 3.63) is 59.1 Å². The average Bonchev–Trinajstić information content (AvgIpc) is 2.68. The first-order valence-corrected chi connectivity index (χ1v) is 9.03. The van der Waals surface area contributed by atoms with Crippen molar-refractivity contribution >= 4 is 17.5 Å². The number of rotatable bonds is 6. The second kappa shape index (κ2) is 8.92. The summed E-state index contributed by atoms with van der Waals surface area (Å²) in [7, 11) is 1.68. The molecule has 5 nitrogen and oxygen atoms in total. The number of carbonyl (C=O) groups excluding carboxylic acids is 1. The molecule has 0 radical (unpaired) electrons. The highest BCUT2D eigenvalue weighted by atomic mass is 35.5. The maximum absolute atomic E-state index is 12.3. The molecule has 2 aromatic rings. The number of hydrogen-bond donors (Lipinski definition) is 0. The summed E-state index contributed by atoms with van der Waals surface area (Å²) in [4.78, 5) is 16.5. The number of ether oxygens (including phenoxy) is 2. The lowest BCUT2D eigenvalue weighted by Gasteiger charge is -2.34. The summed E-state index contributed by atoms with van der Waals surface area (Å²) >= 11 is 5.84. The van der Waals surface area contributed by atoms with E-state index in [-0.39, 0.29) is 12.5 Å². The summed E-state index contributed by atoms with van der Waals surface area (Å²) in [6.45, 7) is 4.05. The molecule has 0 saturated carbocycles. The minimum atomic E-state index is 0.0148. The van der Waals surface area contributed by atoms with Crippen molar-refractivity contribution in [1.82, 2.24) is 9.80 Å². The number of amides is 1. The molecule has 0 unspecified atom stereocenters. The predicted octanol–water partition coefficient (Wildman–Crippen LogP) is 3.07. The molecule has 0 atom stereocenters. The van der Waals surface area contributed by atoms with Gasteiger partial charge in [0.1, 0.15) is 11.5 Å². The van der Waals surface area contributed by atoms with E-state index in [2.05, 4.69) is 17.0 Å². The van der Waals surface area contributed by atoms with Crippen molar-refractivity contribution in [3.63, 3.8) is 0 Å². The van der Waals surface area contributed by atoms with Gasteiger partial charge < -0.3 is 14.4 Å². The van der Waals surface area contributed by atoms with E-state index >= 15 is 0 Å². The molecule has 1 heterocycles. The number of hydrogen-bond acceptors (Lipinski definition) is 4. The number of piperazine rings is 1. The Hall–Kier alpha value is -2.24. The first-order valence-electron chi connectivity index (χ1n) is 8.65. The Morgan fingerprint density at radius 3 is 2.46 bits per heavy atom. The molecule has 0 bridgehead atoms. The maximum Gasteiger partial charge on any atom is 0.260 e. The lowest BCUT2D eigenvalue weighted by Crippen LogP contribution is -2.49. The van der Waals surface area contributed by atoms with Gasteiger partial charge in [0.15, 0.2) is 6.61 Å². The Morgan fingerprint density at radius 2 is 1.77 bits per heavy atom. The van der Waals surface area contributed by atoms with Gasteiger partial charge in [-0.05, 0) is 42.0 Å². The topological polar surface area (TPSA) is 42.0 Å². The molecular weight excluding hydrogens is 352 g/mol. The smallest absolute Gasteiger partial charge is 0.260 e. The molecule has 26 heavy (non-hydrogen) atoms. The Bertz CT molecular complexity index is 728. The summed E-state index contributed by atoms with van der Waals surface area (Å²) in [5, 5.41) is 0.649. The van der Waals surface area contributed by atoms with Gasteiger partial charge in [-0.2, -0.15) is 0 Å². The van der Waals surface area contributed by atoms with Crippen LogP contribution in [0.5, 0.6) is 11.5 Å². The third kappa shape index (κ3) is 5.13. The molecule has 6 heteroatoms. The van der Waals surface area contributed by atoms with Gasteiger partial charge in [0.2, 0.25) is 0 Å². The van der Waals surface area contributed by atoms with Crippen molar-refractivity contribution < 1.29 is 14.3 Å². The van der Waals surface area contributed by atoms with E-state index in [9.17, 15) is 4.79 Å². The van der Waals surface area contributed by atoms with Crippen LogP contribution in [-0.4, -0.2) is 55.6 Å². The number of nitrogens with zero attached hydrogens (tertiary/aromatic N) is 2. The second-order valence-electron chi connectivity index (χ2n) is 6.25. The van der Waals surface area contributed by atoms with E-state index in [0.29, 0.717) is 23.9 Å². The van der Waals surface area contributed by atoms with Crippen LogP contribution in [-0.2, 0) is 11.3 Å². The fourth-order valence-corrected chi connectivity index (χ4v) is 3.08. The standard InChI is InChI=1S/C20H23ClN2O3/c1-25-19-4-2-3-16(13-19)14-22-9-11-23(12-10-22)20(24)15-26-18-7-5-17(21)6-8-18/h2-8,13H,9-12,14-15H2,1H3. The number of benzene rings is 2. The third-order valence-electron chi connectivity index (χ3n) is 4.44. The van der Waals surface area contributed by atoms with Gasteiger partial charge >= 0.3 is 0 Å². The highest BCUT2D eigenvalue weighted by molar-refractivity contribution is 6.30. The minimum Gasteiger partial charge on any atom is -0.497 e. The molecular formula is C20H23ClN2O3. The summed E-state index contributed by atoms with van der Waals surface area (Å²) < 4.78 is 10.8. The summed E-state index contributed by atoms with van der Waals surface area (Å²) in [5.74, 6) is 1.54. The molecule has 1 amide bonds. The Balaban J connectivity index is 1.43. The molecule has 1 fully saturated rings. The normalized spacial score (nSPS) is 14.9. The highest BCUT2D eigenvalue weighted by Gasteiger charge is 2.21. The van der Waals surface area contributed by atoms with Crippen LogP contribution >= 0.6 is 11.6 Å². The van der Waals surface area contributed by atoms with Crippen molar-refractivity contribution in [3.8, 4) is 11.5 Å². The van der Waals surface area contributed by atoms with Crippen molar-refractivity contribution in [2.45, 2.75) is 6.54 Å². The molecule has 3 rings (SSSR count). The van der Waals surface area contributed by atoms with E-state index < -0.39 is 0 Å². The van der Waals surface area contributed by atoms with Crippen LogP contribution in [0.4, 0.5) is 0 Å². The van der Waals surface area contributed by atoms with E-state index in [1.165, 1.54) is 5.56 Å². The van der Waals surface area contributed by atoms with Crippen LogP contribution in [0.3, 0.4) is 0 Å². The van der Waals surface area contributed by atoms with Crippen LogP contribution in [0.25, 0.3) is 0 Å². The monoisotopic (exact) mass is 374 g/mol. The summed E-state index contributed by atoms with van der Waals surface area (Å²) in [6, 6.07) is 15.1. The molecule has 0 aliphatic carbocycles. The van der Waals surface area contributed by atoms with E-state index in [1.54, 1.807) is 31.4 Å². The van der Waals surface area contributed by atoms with Crippen LogP contribution in [0.15, 0.2) is 48.5 Å². The van der Waals surface area contributed by atoms with Gasteiger partial charge in [-0.3, -0.25) is 9.69 Å². The maximum atomic E-state index is 12.3. The molecule has 0 spiro atoms. The second-order valence-corrected chi connectivity index (χ2v) is 6.69. The molecule has 1 aliphatic rings. The quantitative estimate of drug-likeness (QED) is 0.779. The first-order chi connectivity index (χ1) is 12.6. The van der Waals surface area contributed by atoms with Crippen LogP contribution < -0.4 is 9.47 Å². The van der Waals surface area contributed by atoms with Crippen LogP contribution in [0.1, 0.15) is 5.56 Å². The molecule has 0 aromatic heterocycles. The van der Waals surface area contributed by atoms with Gasteiger partial charge in [0, 0.05) is 37.7 Å². The highest BCUT2D eigenvalue weighted by Crippen LogP contribution is 2.17. The zero-order valence-corrected chi connectivity index (χ0v) is 15.6. The Morgan fingerprint density at radius 1 is 1.04 bits per heavy atom.